The molecule has 1 aromatic heterocycles. The number of hydrogen-bond donors (Lipinski definition) is 3. The van der Waals surface area contributed by atoms with Crippen molar-refractivity contribution >= 4 is 22.5 Å². The summed E-state index contributed by atoms with van der Waals surface area (Å²) in [6.07, 6.45) is 5.97. The minimum atomic E-state index is -0.515. The molecule has 1 saturated heterocycles. The Labute approximate surface area is 212 Å². The highest BCUT2D eigenvalue weighted by molar-refractivity contribution is 6.05. The normalized spacial score (nSPS) is 24.2. The van der Waals surface area contributed by atoms with Gasteiger partial charge in [-0.15, -0.1) is 0 Å². The number of aryl methyl sites for hydroxylation is 1. The average Bonchev–Trinajstić information content (AvgIpc) is 3.50. The number of benzene rings is 2. The second-order valence-corrected chi connectivity index (χ2v) is 10.5. The second-order valence-electron chi connectivity index (χ2n) is 10.5. The molecule has 2 aliphatic rings. The number of ether oxygens (including phenoxy) is 2. The molecule has 0 spiro atoms. The minimum absolute atomic E-state index is 0.147. The summed E-state index contributed by atoms with van der Waals surface area (Å²) in [5.74, 6) is 0.596. The summed E-state index contributed by atoms with van der Waals surface area (Å²) in [6, 6.07) is 15.9. The van der Waals surface area contributed by atoms with E-state index < -0.39 is 5.60 Å². The molecule has 1 atom stereocenters. The van der Waals surface area contributed by atoms with Crippen LogP contribution in [0.1, 0.15) is 61.5 Å². The number of fused-ring (bicyclic) bond motifs is 1. The Morgan fingerprint density at radius 3 is 2.64 bits per heavy atom. The molecular formula is C29H37N3O4. The average molecular weight is 492 g/mol. The molecule has 3 aromatic rings. The van der Waals surface area contributed by atoms with E-state index in [9.17, 15) is 9.90 Å². The Kier molecular flexibility index (Phi) is 7.32. The molecule has 0 radical (unpaired) electrons. The van der Waals surface area contributed by atoms with Gasteiger partial charge in [0.1, 0.15) is 12.4 Å². The first-order valence-electron chi connectivity index (χ1n) is 13.1. The van der Waals surface area contributed by atoms with Gasteiger partial charge in [0.05, 0.1) is 11.7 Å². The number of nitrogens with one attached hydrogen (secondary N) is 2. The third kappa shape index (κ3) is 5.91. The molecule has 0 unspecified atom stereocenters. The number of amides is 1. The molecule has 5 rings (SSSR count). The highest BCUT2D eigenvalue weighted by Crippen LogP contribution is 2.28. The topological polar surface area (TPSA) is 84.8 Å². The van der Waals surface area contributed by atoms with E-state index in [0.717, 1.165) is 74.0 Å². The van der Waals surface area contributed by atoms with Crippen LogP contribution in [0.4, 0.5) is 5.69 Å². The van der Waals surface area contributed by atoms with Gasteiger partial charge in [-0.2, -0.15) is 0 Å². The SMILES string of the molecule is Cn1c(CNC2CCC(C)(O)CC2)cc2cc(NC(=O)c3ccc(OC[C@@H]4CCCO4)cc3)ccc21. The van der Waals surface area contributed by atoms with Crippen molar-refractivity contribution in [3.63, 3.8) is 0 Å². The molecule has 192 valence electrons. The smallest absolute Gasteiger partial charge is 0.255 e. The molecule has 2 fully saturated rings. The molecular weight excluding hydrogens is 454 g/mol. The molecule has 1 aliphatic carbocycles. The number of rotatable bonds is 8. The standard InChI is InChI=1S/C29H37N3O4/c1-29(34)13-11-22(12-14-29)30-18-24-17-21-16-23(7-10-27(21)32(24)2)31-28(33)20-5-8-25(9-6-20)36-19-26-4-3-15-35-26/h5-10,16-17,22,26,30,34H,3-4,11-15,18-19H2,1-2H3,(H,31,33)/t22?,26-,29?/m0/s1. The lowest BCUT2D eigenvalue weighted by atomic mass is 9.84. The third-order valence-corrected chi connectivity index (χ3v) is 7.61. The van der Waals surface area contributed by atoms with E-state index in [1.807, 2.05) is 37.3 Å². The van der Waals surface area contributed by atoms with Gasteiger partial charge in [-0.05, 0) is 94.0 Å². The Morgan fingerprint density at radius 1 is 1.14 bits per heavy atom. The van der Waals surface area contributed by atoms with E-state index in [-0.39, 0.29) is 12.0 Å². The van der Waals surface area contributed by atoms with E-state index >= 15 is 0 Å². The third-order valence-electron chi connectivity index (χ3n) is 7.61. The van der Waals surface area contributed by atoms with Crippen molar-refractivity contribution in [2.45, 2.75) is 69.7 Å². The van der Waals surface area contributed by atoms with E-state index in [0.29, 0.717) is 18.2 Å². The van der Waals surface area contributed by atoms with Crippen LogP contribution in [0.5, 0.6) is 5.75 Å². The van der Waals surface area contributed by atoms with Gasteiger partial charge >= 0.3 is 0 Å². The van der Waals surface area contributed by atoms with Crippen LogP contribution >= 0.6 is 0 Å². The quantitative estimate of drug-likeness (QED) is 0.423. The van der Waals surface area contributed by atoms with Gasteiger partial charge in [0.2, 0.25) is 0 Å². The summed E-state index contributed by atoms with van der Waals surface area (Å²) in [7, 11) is 2.08. The number of hydrogen-bond acceptors (Lipinski definition) is 5. The summed E-state index contributed by atoms with van der Waals surface area (Å²) in [6.45, 7) is 4.07. The van der Waals surface area contributed by atoms with Crippen molar-refractivity contribution in [2.75, 3.05) is 18.5 Å². The fraction of sp³-hybridized carbons (Fsp3) is 0.483. The van der Waals surface area contributed by atoms with E-state index in [1.54, 1.807) is 12.1 Å². The van der Waals surface area contributed by atoms with Crippen LogP contribution in [-0.4, -0.2) is 46.5 Å². The van der Waals surface area contributed by atoms with Crippen LogP contribution in [0.3, 0.4) is 0 Å². The summed E-state index contributed by atoms with van der Waals surface area (Å²) >= 11 is 0. The minimum Gasteiger partial charge on any atom is -0.491 e. The van der Waals surface area contributed by atoms with Gasteiger partial charge in [0, 0.05) is 54.1 Å². The Morgan fingerprint density at radius 2 is 1.92 bits per heavy atom. The molecule has 1 amide bonds. The zero-order chi connectivity index (χ0) is 25.1. The predicted molar refractivity (Wildman–Crippen MR) is 142 cm³/mol. The molecule has 36 heavy (non-hydrogen) atoms. The van der Waals surface area contributed by atoms with Crippen molar-refractivity contribution < 1.29 is 19.4 Å². The van der Waals surface area contributed by atoms with Gasteiger partial charge in [-0.3, -0.25) is 4.79 Å². The number of aromatic nitrogens is 1. The molecule has 2 aromatic carbocycles. The Bertz CT molecular complexity index is 1190. The van der Waals surface area contributed by atoms with Gasteiger partial charge in [-0.1, -0.05) is 0 Å². The molecule has 0 bridgehead atoms. The van der Waals surface area contributed by atoms with Crippen molar-refractivity contribution in [3.8, 4) is 5.75 Å². The summed E-state index contributed by atoms with van der Waals surface area (Å²) in [4.78, 5) is 12.8. The van der Waals surface area contributed by atoms with Gasteiger partial charge < -0.3 is 29.8 Å². The van der Waals surface area contributed by atoms with E-state index in [4.69, 9.17) is 9.47 Å². The number of nitrogens with zero attached hydrogens (tertiary/aromatic N) is 1. The molecule has 1 saturated carbocycles. The Hall–Kier alpha value is -2.87. The lowest BCUT2D eigenvalue weighted by Crippen LogP contribution is -2.39. The molecule has 3 N–H and O–H groups in total. The van der Waals surface area contributed by atoms with Crippen LogP contribution < -0.4 is 15.4 Å². The summed E-state index contributed by atoms with van der Waals surface area (Å²) in [5.41, 5.74) is 3.17. The lowest BCUT2D eigenvalue weighted by Gasteiger charge is -2.33. The summed E-state index contributed by atoms with van der Waals surface area (Å²) in [5, 5.41) is 17.9. The number of carbonyl (C=O) groups is 1. The molecule has 1 aliphatic heterocycles. The highest BCUT2D eigenvalue weighted by atomic mass is 16.5. The first kappa shape index (κ1) is 24.8. The lowest BCUT2D eigenvalue weighted by molar-refractivity contribution is 0.0139. The van der Waals surface area contributed by atoms with Crippen LogP contribution in [0.25, 0.3) is 10.9 Å². The van der Waals surface area contributed by atoms with Crippen LogP contribution in [0.2, 0.25) is 0 Å². The van der Waals surface area contributed by atoms with Gasteiger partial charge in [0.25, 0.3) is 5.91 Å². The van der Waals surface area contributed by atoms with Crippen LogP contribution in [0, 0.1) is 0 Å². The number of aliphatic hydroxyl groups is 1. The Balaban J connectivity index is 1.17. The molecule has 7 nitrogen and oxygen atoms in total. The molecule has 2 heterocycles. The molecule has 7 heteroatoms. The largest absolute Gasteiger partial charge is 0.491 e. The maximum atomic E-state index is 12.8. The van der Waals surface area contributed by atoms with Crippen molar-refractivity contribution in [3.05, 3.63) is 59.8 Å². The van der Waals surface area contributed by atoms with E-state index in [2.05, 4.69) is 28.3 Å². The maximum absolute atomic E-state index is 12.8. The van der Waals surface area contributed by atoms with Crippen molar-refractivity contribution in [1.82, 2.24) is 9.88 Å². The summed E-state index contributed by atoms with van der Waals surface area (Å²) < 4.78 is 13.6. The first-order chi connectivity index (χ1) is 17.4. The van der Waals surface area contributed by atoms with Gasteiger partial charge in [-0.25, -0.2) is 0 Å². The van der Waals surface area contributed by atoms with Crippen molar-refractivity contribution in [1.29, 1.82) is 0 Å². The van der Waals surface area contributed by atoms with Gasteiger partial charge in [0.15, 0.2) is 0 Å². The predicted octanol–water partition coefficient (Wildman–Crippen LogP) is 4.77. The monoisotopic (exact) mass is 491 g/mol. The zero-order valence-electron chi connectivity index (χ0n) is 21.3. The zero-order valence-corrected chi connectivity index (χ0v) is 21.3. The first-order valence-corrected chi connectivity index (χ1v) is 13.1. The number of carbonyl (C=O) groups excluding carboxylic acids is 1. The van der Waals surface area contributed by atoms with Crippen molar-refractivity contribution in [2.24, 2.45) is 7.05 Å². The maximum Gasteiger partial charge on any atom is 0.255 e. The fourth-order valence-corrected chi connectivity index (χ4v) is 5.22. The second kappa shape index (κ2) is 10.6. The fourth-order valence-electron chi connectivity index (χ4n) is 5.22. The number of anilines is 1. The van der Waals surface area contributed by atoms with E-state index in [1.165, 1.54) is 5.69 Å². The van der Waals surface area contributed by atoms with Crippen LogP contribution in [0.15, 0.2) is 48.5 Å². The highest BCUT2D eigenvalue weighted by Gasteiger charge is 2.28. The van der Waals surface area contributed by atoms with Crippen LogP contribution in [-0.2, 0) is 18.3 Å².